The van der Waals surface area contributed by atoms with Crippen molar-refractivity contribution in [2.45, 2.75) is 18.8 Å². The van der Waals surface area contributed by atoms with Gasteiger partial charge in [-0.1, -0.05) is 18.2 Å². The molecule has 1 aromatic carbocycles. The van der Waals surface area contributed by atoms with Crippen LogP contribution >= 0.6 is 0 Å². The molecule has 0 radical (unpaired) electrons. The molecule has 0 fully saturated rings. The molecule has 0 aliphatic rings. The van der Waals surface area contributed by atoms with E-state index < -0.39 is 55.7 Å². The normalized spacial score (nSPS) is 10.4. The zero-order chi connectivity index (χ0) is 18.3. The van der Waals surface area contributed by atoms with Crippen molar-refractivity contribution in [1.82, 2.24) is 0 Å². The molecule has 0 amide bonds. The second-order valence-electron chi connectivity index (χ2n) is 5.10. The fourth-order valence-corrected chi connectivity index (χ4v) is 2.39. The Labute approximate surface area is 136 Å². The summed E-state index contributed by atoms with van der Waals surface area (Å²) < 4.78 is 0. The molecular formula is C15H17NO8. The van der Waals surface area contributed by atoms with Gasteiger partial charge < -0.3 is 25.3 Å². The highest BCUT2D eigenvalue weighted by Gasteiger charge is 2.25. The number of benzene rings is 1. The van der Waals surface area contributed by atoms with Crippen LogP contribution in [0, 0.1) is 0 Å². The molecule has 1 rings (SSSR count). The Morgan fingerprint density at radius 2 is 1.25 bits per heavy atom. The van der Waals surface area contributed by atoms with Crippen LogP contribution in [0.25, 0.3) is 0 Å². The van der Waals surface area contributed by atoms with Crippen molar-refractivity contribution >= 4 is 29.6 Å². The summed E-state index contributed by atoms with van der Waals surface area (Å²) in [5.74, 6) is -5.86. The average molecular weight is 339 g/mol. The molecule has 0 saturated carbocycles. The Morgan fingerprint density at radius 3 is 1.67 bits per heavy atom. The first-order valence-corrected chi connectivity index (χ1v) is 6.91. The van der Waals surface area contributed by atoms with E-state index in [2.05, 4.69) is 0 Å². The number of carbonyl (C=O) groups is 4. The van der Waals surface area contributed by atoms with E-state index in [4.69, 9.17) is 20.4 Å². The number of para-hydroxylation sites is 1. The lowest BCUT2D eigenvalue weighted by molar-refractivity contribution is -0.140. The minimum absolute atomic E-state index is 0.190. The van der Waals surface area contributed by atoms with Crippen molar-refractivity contribution in [2.24, 2.45) is 0 Å². The van der Waals surface area contributed by atoms with E-state index in [9.17, 15) is 19.2 Å². The smallest absolute Gasteiger partial charge is 0.323 e. The molecule has 1 aromatic rings. The fourth-order valence-electron chi connectivity index (χ4n) is 2.39. The average Bonchev–Trinajstić information content (AvgIpc) is 2.44. The fraction of sp³-hybridized carbons (Fsp3) is 0.333. The van der Waals surface area contributed by atoms with Gasteiger partial charge in [0, 0.05) is 11.6 Å². The predicted molar refractivity (Wildman–Crippen MR) is 81.2 cm³/mol. The van der Waals surface area contributed by atoms with Crippen molar-refractivity contribution in [1.29, 1.82) is 0 Å². The first kappa shape index (κ1) is 18.9. The van der Waals surface area contributed by atoms with E-state index in [0.29, 0.717) is 0 Å². The lowest BCUT2D eigenvalue weighted by atomic mass is 9.90. The highest BCUT2D eigenvalue weighted by atomic mass is 16.4. The molecule has 0 aliphatic heterocycles. The van der Waals surface area contributed by atoms with Crippen molar-refractivity contribution in [3.63, 3.8) is 0 Å². The summed E-state index contributed by atoms with van der Waals surface area (Å²) in [5.41, 5.74) is 0.472. The van der Waals surface area contributed by atoms with Crippen molar-refractivity contribution in [3.8, 4) is 0 Å². The maximum absolute atomic E-state index is 11.0. The Balaban J connectivity index is 3.30. The summed E-state index contributed by atoms with van der Waals surface area (Å²) in [4.78, 5) is 45.0. The third-order valence-corrected chi connectivity index (χ3v) is 3.21. The molecule has 0 aromatic heterocycles. The van der Waals surface area contributed by atoms with Crippen molar-refractivity contribution in [2.75, 3.05) is 18.0 Å². The first-order valence-electron chi connectivity index (χ1n) is 6.91. The maximum atomic E-state index is 11.0. The van der Waals surface area contributed by atoms with Crippen LogP contribution in [0.4, 0.5) is 5.69 Å². The second kappa shape index (κ2) is 8.51. The van der Waals surface area contributed by atoms with Crippen molar-refractivity contribution < 1.29 is 39.6 Å². The van der Waals surface area contributed by atoms with Gasteiger partial charge in [-0.2, -0.15) is 0 Å². The molecule has 0 unspecified atom stereocenters. The number of hydrogen-bond acceptors (Lipinski definition) is 5. The SMILES string of the molecule is O=C(O)CC(CC(=O)O)c1ccccc1N(CC(=O)O)CC(=O)O. The van der Waals surface area contributed by atoms with E-state index in [1.165, 1.54) is 18.2 Å². The summed E-state index contributed by atoms with van der Waals surface area (Å²) in [5, 5.41) is 35.9. The number of nitrogens with zero attached hydrogens (tertiary/aromatic N) is 1. The van der Waals surface area contributed by atoms with Gasteiger partial charge in [-0.25, -0.2) is 0 Å². The number of hydrogen-bond donors (Lipinski definition) is 4. The summed E-state index contributed by atoms with van der Waals surface area (Å²) in [6.07, 6.45) is -0.950. The molecule has 0 saturated heterocycles. The molecule has 0 atom stereocenters. The van der Waals surface area contributed by atoms with Gasteiger partial charge in [-0.05, 0) is 11.6 Å². The maximum Gasteiger partial charge on any atom is 0.323 e. The highest BCUT2D eigenvalue weighted by molar-refractivity contribution is 5.81. The second-order valence-corrected chi connectivity index (χ2v) is 5.10. The molecule has 0 heterocycles. The van der Waals surface area contributed by atoms with E-state index in [1.807, 2.05) is 0 Å². The number of rotatable bonds is 10. The quantitative estimate of drug-likeness (QED) is 0.482. The van der Waals surface area contributed by atoms with Crippen LogP contribution in [-0.4, -0.2) is 57.4 Å². The monoisotopic (exact) mass is 339 g/mol. The molecular weight excluding hydrogens is 322 g/mol. The zero-order valence-electron chi connectivity index (χ0n) is 12.6. The number of anilines is 1. The molecule has 4 N–H and O–H groups in total. The van der Waals surface area contributed by atoms with Gasteiger partial charge >= 0.3 is 23.9 Å². The molecule has 130 valence electrons. The highest BCUT2D eigenvalue weighted by Crippen LogP contribution is 2.32. The van der Waals surface area contributed by atoms with Crippen molar-refractivity contribution in [3.05, 3.63) is 29.8 Å². The lowest BCUT2D eigenvalue weighted by Crippen LogP contribution is -2.35. The number of carboxylic acid groups (broad SMARTS) is 4. The van der Waals surface area contributed by atoms with Gasteiger partial charge in [-0.15, -0.1) is 0 Å². The van der Waals surface area contributed by atoms with Crippen LogP contribution in [0.15, 0.2) is 24.3 Å². The van der Waals surface area contributed by atoms with Crippen LogP contribution in [0.5, 0.6) is 0 Å². The Morgan fingerprint density at radius 1 is 0.792 bits per heavy atom. The molecule has 0 spiro atoms. The molecule has 0 bridgehead atoms. The van der Waals surface area contributed by atoms with Crippen LogP contribution in [0.2, 0.25) is 0 Å². The van der Waals surface area contributed by atoms with Crippen LogP contribution in [0.3, 0.4) is 0 Å². The van der Waals surface area contributed by atoms with E-state index in [0.717, 1.165) is 4.90 Å². The Kier molecular flexibility index (Phi) is 6.72. The molecule has 9 nitrogen and oxygen atoms in total. The van der Waals surface area contributed by atoms with E-state index in [1.54, 1.807) is 6.07 Å². The van der Waals surface area contributed by atoms with Gasteiger partial charge in [0.2, 0.25) is 0 Å². The van der Waals surface area contributed by atoms with Gasteiger partial charge in [0.05, 0.1) is 12.8 Å². The van der Waals surface area contributed by atoms with Crippen LogP contribution in [-0.2, 0) is 19.2 Å². The lowest BCUT2D eigenvalue weighted by Gasteiger charge is -2.26. The summed E-state index contributed by atoms with van der Waals surface area (Å²) in [6, 6.07) is 6.00. The Bertz CT molecular complexity index is 555. The summed E-state index contributed by atoms with van der Waals surface area (Å²) in [6.45, 7) is -1.23. The largest absolute Gasteiger partial charge is 0.481 e. The molecule has 9 heteroatoms. The predicted octanol–water partition coefficient (Wildman–Crippen LogP) is 0.695. The van der Waals surface area contributed by atoms with E-state index >= 15 is 0 Å². The van der Waals surface area contributed by atoms with Gasteiger partial charge in [0.1, 0.15) is 13.1 Å². The van der Waals surface area contributed by atoms with Crippen LogP contribution in [0.1, 0.15) is 24.3 Å². The standard InChI is InChI=1S/C15H17NO8/c17-12(18)5-9(6-13(19)20)10-3-1-2-4-11(10)16(7-14(21)22)8-15(23)24/h1-4,9H,5-8H2,(H,17,18)(H,19,20)(H,21,22)(H,23,24). The number of aliphatic carboxylic acids is 4. The van der Waals surface area contributed by atoms with Gasteiger partial charge in [-0.3, -0.25) is 19.2 Å². The zero-order valence-corrected chi connectivity index (χ0v) is 12.6. The van der Waals surface area contributed by atoms with E-state index in [-0.39, 0.29) is 11.3 Å². The minimum Gasteiger partial charge on any atom is -0.481 e. The molecule has 24 heavy (non-hydrogen) atoms. The van der Waals surface area contributed by atoms with Gasteiger partial charge in [0.15, 0.2) is 0 Å². The van der Waals surface area contributed by atoms with Gasteiger partial charge in [0.25, 0.3) is 0 Å². The third kappa shape index (κ3) is 5.95. The molecule has 0 aliphatic carbocycles. The summed E-state index contributed by atoms with van der Waals surface area (Å²) >= 11 is 0. The third-order valence-electron chi connectivity index (χ3n) is 3.21. The Hall–Kier alpha value is -3.10. The minimum atomic E-state index is -1.26. The first-order chi connectivity index (χ1) is 11.2. The topological polar surface area (TPSA) is 152 Å². The van der Waals surface area contributed by atoms with Crippen LogP contribution < -0.4 is 4.90 Å². The number of carboxylic acids is 4. The summed E-state index contributed by atoms with van der Waals surface area (Å²) in [7, 11) is 0.